The second kappa shape index (κ2) is 3.25. The van der Waals surface area contributed by atoms with Crippen molar-refractivity contribution >= 4 is 0 Å². The van der Waals surface area contributed by atoms with E-state index in [2.05, 4.69) is 26.1 Å². The van der Waals surface area contributed by atoms with Gasteiger partial charge in [0, 0.05) is 6.04 Å². The zero-order valence-corrected chi connectivity index (χ0v) is 11.3. The molecule has 104 valence electrons. The topological polar surface area (TPSA) is 12.0 Å². The molecule has 4 heteroatoms. The molecule has 3 saturated carbocycles. The minimum Gasteiger partial charge on any atom is -0.300 e. The highest BCUT2D eigenvalue weighted by atomic mass is 19.4. The zero-order chi connectivity index (χ0) is 13.4. The van der Waals surface area contributed by atoms with E-state index in [1.807, 2.05) is 0 Å². The lowest BCUT2D eigenvalue weighted by molar-refractivity contribution is -0.172. The molecule has 0 saturated heterocycles. The number of alkyl halides is 3. The van der Waals surface area contributed by atoms with Gasteiger partial charge in [-0.05, 0) is 48.9 Å². The minimum absolute atomic E-state index is 0.00611. The molecule has 0 aliphatic heterocycles. The Bertz CT molecular complexity index is 365. The summed E-state index contributed by atoms with van der Waals surface area (Å²) < 4.78 is 39.3. The molecule has 3 rings (SSSR count). The molecule has 0 aromatic heterocycles. The SMILES string of the molecule is CC1(C)C(NC2(C(F)(F)F)CC2)[C@]2(C)CC[C@H]1C2. The van der Waals surface area contributed by atoms with E-state index >= 15 is 0 Å². The van der Waals surface area contributed by atoms with Crippen LogP contribution in [0.2, 0.25) is 0 Å². The van der Waals surface area contributed by atoms with E-state index < -0.39 is 11.7 Å². The highest BCUT2D eigenvalue weighted by Gasteiger charge is 2.68. The van der Waals surface area contributed by atoms with Crippen molar-refractivity contribution in [1.29, 1.82) is 0 Å². The minimum atomic E-state index is -4.10. The van der Waals surface area contributed by atoms with Gasteiger partial charge in [0.15, 0.2) is 0 Å². The summed E-state index contributed by atoms with van der Waals surface area (Å²) in [4.78, 5) is 0. The average Bonchev–Trinajstić information content (AvgIpc) is 2.87. The summed E-state index contributed by atoms with van der Waals surface area (Å²) >= 11 is 0. The second-order valence-corrected chi connectivity index (χ2v) is 7.57. The predicted molar refractivity (Wildman–Crippen MR) is 64.2 cm³/mol. The van der Waals surface area contributed by atoms with Gasteiger partial charge in [-0.25, -0.2) is 0 Å². The van der Waals surface area contributed by atoms with Gasteiger partial charge in [-0.2, -0.15) is 13.2 Å². The Labute approximate surface area is 107 Å². The molecule has 0 spiro atoms. The van der Waals surface area contributed by atoms with Crippen LogP contribution in [0.3, 0.4) is 0 Å². The first-order valence-corrected chi connectivity index (χ1v) is 6.95. The predicted octanol–water partition coefficient (Wildman–Crippen LogP) is 3.89. The summed E-state index contributed by atoms with van der Waals surface area (Å²) in [6.45, 7) is 6.46. The third-order valence-electron chi connectivity index (χ3n) is 5.98. The van der Waals surface area contributed by atoms with E-state index in [0.717, 1.165) is 12.8 Å². The summed E-state index contributed by atoms with van der Waals surface area (Å²) in [6, 6.07) is 0.00729. The van der Waals surface area contributed by atoms with Crippen LogP contribution in [-0.2, 0) is 0 Å². The van der Waals surface area contributed by atoms with Crippen LogP contribution in [0.15, 0.2) is 0 Å². The van der Waals surface area contributed by atoms with Crippen molar-refractivity contribution in [1.82, 2.24) is 5.32 Å². The van der Waals surface area contributed by atoms with Crippen molar-refractivity contribution in [2.24, 2.45) is 16.7 Å². The van der Waals surface area contributed by atoms with E-state index in [1.54, 1.807) is 0 Å². The molecule has 0 amide bonds. The van der Waals surface area contributed by atoms with Crippen molar-refractivity contribution in [2.75, 3.05) is 0 Å². The number of hydrogen-bond acceptors (Lipinski definition) is 1. The number of fused-ring (bicyclic) bond motifs is 2. The van der Waals surface area contributed by atoms with Crippen molar-refractivity contribution < 1.29 is 13.2 Å². The maximum Gasteiger partial charge on any atom is 0.406 e. The molecule has 3 aliphatic carbocycles. The van der Waals surface area contributed by atoms with E-state index in [1.165, 1.54) is 6.42 Å². The Hall–Kier alpha value is -0.250. The van der Waals surface area contributed by atoms with Gasteiger partial charge in [-0.3, -0.25) is 5.32 Å². The van der Waals surface area contributed by atoms with Crippen LogP contribution in [-0.4, -0.2) is 17.8 Å². The van der Waals surface area contributed by atoms with Gasteiger partial charge in [-0.1, -0.05) is 20.8 Å². The molecule has 0 heterocycles. The Balaban J connectivity index is 1.85. The molecule has 18 heavy (non-hydrogen) atoms. The van der Waals surface area contributed by atoms with Crippen molar-refractivity contribution in [3.63, 3.8) is 0 Å². The Morgan fingerprint density at radius 1 is 1.06 bits per heavy atom. The summed E-state index contributed by atoms with van der Waals surface area (Å²) in [5, 5.41) is 3.04. The zero-order valence-electron chi connectivity index (χ0n) is 11.3. The Kier molecular flexibility index (Phi) is 2.31. The normalized spacial score (nSPS) is 44.3. The lowest BCUT2D eigenvalue weighted by Gasteiger charge is -2.45. The maximum atomic E-state index is 13.1. The molecule has 3 aliphatic rings. The van der Waals surface area contributed by atoms with Crippen LogP contribution in [0, 0.1) is 16.7 Å². The van der Waals surface area contributed by atoms with Gasteiger partial charge in [0.2, 0.25) is 0 Å². The van der Waals surface area contributed by atoms with Crippen LogP contribution in [0.1, 0.15) is 52.9 Å². The van der Waals surface area contributed by atoms with Crippen LogP contribution < -0.4 is 5.32 Å². The van der Waals surface area contributed by atoms with Crippen molar-refractivity contribution in [3.8, 4) is 0 Å². The molecule has 0 aromatic carbocycles. The highest BCUT2D eigenvalue weighted by Crippen LogP contribution is 2.64. The number of nitrogens with one attached hydrogen (secondary N) is 1. The molecular formula is C14H22F3N. The molecule has 2 bridgehead atoms. The Morgan fingerprint density at radius 2 is 1.67 bits per heavy atom. The lowest BCUT2D eigenvalue weighted by Crippen LogP contribution is -2.58. The van der Waals surface area contributed by atoms with E-state index in [4.69, 9.17) is 0 Å². The van der Waals surface area contributed by atoms with Gasteiger partial charge < -0.3 is 0 Å². The first-order valence-electron chi connectivity index (χ1n) is 6.95. The van der Waals surface area contributed by atoms with Gasteiger partial charge in [-0.15, -0.1) is 0 Å². The largest absolute Gasteiger partial charge is 0.406 e. The van der Waals surface area contributed by atoms with E-state index in [9.17, 15) is 13.2 Å². The number of halogens is 3. The fourth-order valence-electron chi connectivity index (χ4n) is 4.57. The number of hydrogen-bond donors (Lipinski definition) is 1. The average molecular weight is 261 g/mol. The molecule has 1 unspecified atom stereocenters. The van der Waals surface area contributed by atoms with Gasteiger partial charge >= 0.3 is 6.18 Å². The summed E-state index contributed by atoms with van der Waals surface area (Å²) in [6.07, 6.45) is -0.242. The molecule has 3 fully saturated rings. The van der Waals surface area contributed by atoms with Crippen molar-refractivity contribution in [3.05, 3.63) is 0 Å². The standard InChI is InChI=1S/C14H22F3N/c1-11(2)9-4-5-12(3,8-9)10(11)18-13(6-7-13)14(15,16)17/h9-10,18H,4-8H2,1-3H3/t9-,10?,12+/m0/s1. The van der Waals surface area contributed by atoms with Crippen LogP contribution in [0.25, 0.3) is 0 Å². The first kappa shape index (κ1) is 12.8. The summed E-state index contributed by atoms with van der Waals surface area (Å²) in [5.74, 6) is 0.587. The second-order valence-electron chi connectivity index (χ2n) is 7.57. The fourth-order valence-corrected chi connectivity index (χ4v) is 4.57. The molecule has 1 N–H and O–H groups in total. The molecule has 1 nitrogen and oxygen atoms in total. The highest BCUT2D eigenvalue weighted by molar-refractivity contribution is 5.18. The van der Waals surface area contributed by atoms with Gasteiger partial charge in [0.05, 0.1) is 0 Å². The maximum absolute atomic E-state index is 13.1. The van der Waals surface area contributed by atoms with Crippen LogP contribution >= 0.6 is 0 Å². The number of rotatable bonds is 2. The molecule has 0 radical (unpaired) electrons. The van der Waals surface area contributed by atoms with E-state index in [-0.39, 0.29) is 29.7 Å². The van der Waals surface area contributed by atoms with Crippen LogP contribution in [0.4, 0.5) is 13.2 Å². The third-order valence-corrected chi connectivity index (χ3v) is 5.98. The Morgan fingerprint density at radius 3 is 2.06 bits per heavy atom. The molecule has 0 aromatic rings. The smallest absolute Gasteiger partial charge is 0.300 e. The van der Waals surface area contributed by atoms with Crippen molar-refractivity contribution in [2.45, 2.75) is 70.6 Å². The fraction of sp³-hybridized carbons (Fsp3) is 1.00. The van der Waals surface area contributed by atoms with Crippen LogP contribution in [0.5, 0.6) is 0 Å². The summed E-state index contributed by atoms with van der Waals surface area (Å²) in [7, 11) is 0. The molecular weight excluding hydrogens is 239 g/mol. The summed E-state index contributed by atoms with van der Waals surface area (Å²) in [5.41, 5.74) is -1.51. The lowest BCUT2D eigenvalue weighted by atomic mass is 9.68. The van der Waals surface area contributed by atoms with E-state index in [0.29, 0.717) is 5.92 Å². The molecule has 3 atom stereocenters. The third kappa shape index (κ3) is 1.50. The first-order chi connectivity index (χ1) is 8.11. The van der Waals surface area contributed by atoms with Gasteiger partial charge in [0.25, 0.3) is 0 Å². The van der Waals surface area contributed by atoms with Gasteiger partial charge in [0.1, 0.15) is 5.54 Å². The monoisotopic (exact) mass is 261 g/mol. The quantitative estimate of drug-likeness (QED) is 0.795.